The van der Waals surface area contributed by atoms with E-state index < -0.39 is 5.60 Å². The molecule has 0 bridgehead atoms. The highest BCUT2D eigenvalue weighted by molar-refractivity contribution is 7.10. The molecule has 0 radical (unpaired) electrons. The highest BCUT2D eigenvalue weighted by atomic mass is 32.1. The minimum Gasteiger partial charge on any atom is -0.484 e. The molecular formula is C18H16FNO3S2. The van der Waals surface area contributed by atoms with Crippen LogP contribution in [-0.4, -0.2) is 24.2 Å². The molecule has 3 aromatic rings. The van der Waals surface area contributed by atoms with E-state index in [1.54, 1.807) is 0 Å². The van der Waals surface area contributed by atoms with Crippen molar-refractivity contribution in [3.8, 4) is 5.75 Å². The zero-order valence-electron chi connectivity index (χ0n) is 13.1. The number of amides is 1. The number of thiophene rings is 2. The van der Waals surface area contributed by atoms with E-state index in [0.717, 1.165) is 10.4 Å². The summed E-state index contributed by atoms with van der Waals surface area (Å²) in [5.41, 5.74) is -0.542. The number of benzene rings is 1. The molecule has 0 aliphatic heterocycles. The predicted octanol–water partition coefficient (Wildman–Crippen LogP) is 3.38. The van der Waals surface area contributed by atoms with E-state index in [0.29, 0.717) is 5.75 Å². The van der Waals surface area contributed by atoms with Gasteiger partial charge in [-0.2, -0.15) is 11.3 Å². The van der Waals surface area contributed by atoms with Gasteiger partial charge in [-0.3, -0.25) is 4.79 Å². The Labute approximate surface area is 152 Å². The normalized spacial score (nSPS) is 13.2. The van der Waals surface area contributed by atoms with E-state index >= 15 is 0 Å². The monoisotopic (exact) mass is 377 g/mol. The SMILES string of the molecule is O=C(COc1ccc(F)cc1)NC[C@@](O)(c1ccsc1)c1cccs1. The largest absolute Gasteiger partial charge is 0.484 e. The number of ether oxygens (including phenoxy) is 1. The smallest absolute Gasteiger partial charge is 0.258 e. The Kier molecular flexibility index (Phi) is 5.47. The Hall–Kier alpha value is -2.22. The average Bonchev–Trinajstić information content (AvgIpc) is 3.33. The molecule has 25 heavy (non-hydrogen) atoms. The highest BCUT2D eigenvalue weighted by Crippen LogP contribution is 2.33. The number of aliphatic hydroxyl groups is 1. The molecule has 0 aliphatic carbocycles. The van der Waals surface area contributed by atoms with E-state index in [1.165, 1.54) is 46.9 Å². The van der Waals surface area contributed by atoms with Crippen molar-refractivity contribution < 1.29 is 19.0 Å². The van der Waals surface area contributed by atoms with Crippen LogP contribution in [0.2, 0.25) is 0 Å². The lowest BCUT2D eigenvalue weighted by Crippen LogP contribution is -2.42. The summed E-state index contributed by atoms with van der Waals surface area (Å²) < 4.78 is 18.2. The predicted molar refractivity (Wildman–Crippen MR) is 96.5 cm³/mol. The number of carbonyl (C=O) groups is 1. The van der Waals surface area contributed by atoms with Gasteiger partial charge in [-0.15, -0.1) is 11.3 Å². The summed E-state index contributed by atoms with van der Waals surface area (Å²) in [4.78, 5) is 12.8. The Balaban J connectivity index is 1.61. The third-order valence-electron chi connectivity index (χ3n) is 3.65. The minimum atomic E-state index is -1.28. The summed E-state index contributed by atoms with van der Waals surface area (Å²) >= 11 is 2.91. The van der Waals surface area contributed by atoms with E-state index in [1.807, 2.05) is 34.3 Å². The quantitative estimate of drug-likeness (QED) is 0.664. The molecule has 3 rings (SSSR count). The number of carbonyl (C=O) groups excluding carboxylic acids is 1. The van der Waals surface area contributed by atoms with E-state index in [9.17, 15) is 14.3 Å². The van der Waals surface area contributed by atoms with Crippen LogP contribution in [0.15, 0.2) is 58.6 Å². The van der Waals surface area contributed by atoms with Crippen LogP contribution in [0.1, 0.15) is 10.4 Å². The second-order valence-electron chi connectivity index (χ2n) is 5.37. The molecule has 2 N–H and O–H groups in total. The standard InChI is InChI=1S/C18H16FNO3S2/c19-14-3-5-15(6-4-14)23-10-17(21)20-12-18(22,13-7-9-24-11-13)16-2-1-8-25-16/h1-9,11,22H,10,12H2,(H,20,21)/t18-/m1/s1. The van der Waals surface area contributed by atoms with Crippen molar-refractivity contribution in [3.63, 3.8) is 0 Å². The van der Waals surface area contributed by atoms with Gasteiger partial charge in [0.1, 0.15) is 17.2 Å². The van der Waals surface area contributed by atoms with E-state index in [-0.39, 0.29) is 24.9 Å². The maximum atomic E-state index is 12.8. The first-order valence-corrected chi connectivity index (χ1v) is 9.34. The average molecular weight is 377 g/mol. The summed E-state index contributed by atoms with van der Waals surface area (Å²) in [5, 5.41) is 19.4. The van der Waals surface area contributed by atoms with Gasteiger partial charge in [-0.05, 0) is 52.5 Å². The molecule has 1 atom stereocenters. The van der Waals surface area contributed by atoms with Crippen LogP contribution in [0.5, 0.6) is 5.75 Å². The fourth-order valence-electron chi connectivity index (χ4n) is 2.30. The van der Waals surface area contributed by atoms with Crippen molar-refractivity contribution in [1.29, 1.82) is 0 Å². The molecule has 1 aromatic carbocycles. The summed E-state index contributed by atoms with van der Waals surface area (Å²) in [6.07, 6.45) is 0. The molecular weight excluding hydrogens is 361 g/mol. The Morgan fingerprint density at radius 2 is 2.00 bits per heavy atom. The maximum absolute atomic E-state index is 12.8. The lowest BCUT2D eigenvalue weighted by Gasteiger charge is -2.27. The van der Waals surface area contributed by atoms with Crippen LogP contribution in [-0.2, 0) is 10.4 Å². The molecule has 0 spiro atoms. The number of hydrogen-bond donors (Lipinski definition) is 2. The lowest BCUT2D eigenvalue weighted by molar-refractivity contribution is -0.124. The second-order valence-corrected chi connectivity index (χ2v) is 7.10. The van der Waals surface area contributed by atoms with Crippen molar-refractivity contribution in [1.82, 2.24) is 5.32 Å². The first-order chi connectivity index (χ1) is 12.1. The fraction of sp³-hybridized carbons (Fsp3) is 0.167. The van der Waals surface area contributed by atoms with Crippen LogP contribution in [0, 0.1) is 5.82 Å². The molecule has 1 amide bonds. The molecule has 7 heteroatoms. The molecule has 4 nitrogen and oxygen atoms in total. The van der Waals surface area contributed by atoms with Gasteiger partial charge >= 0.3 is 0 Å². The van der Waals surface area contributed by atoms with Crippen LogP contribution in [0.25, 0.3) is 0 Å². The zero-order valence-corrected chi connectivity index (χ0v) is 14.8. The number of rotatable bonds is 7. The fourth-order valence-corrected chi connectivity index (χ4v) is 3.87. The highest BCUT2D eigenvalue weighted by Gasteiger charge is 2.33. The molecule has 0 fully saturated rings. The van der Waals surface area contributed by atoms with Gasteiger partial charge in [0.25, 0.3) is 5.91 Å². The molecule has 0 saturated heterocycles. The zero-order chi connectivity index (χ0) is 17.7. The van der Waals surface area contributed by atoms with Crippen LogP contribution in [0.4, 0.5) is 4.39 Å². The molecule has 0 unspecified atom stereocenters. The van der Waals surface area contributed by atoms with Crippen molar-refractivity contribution in [3.05, 3.63) is 74.9 Å². The summed E-state index contributed by atoms with van der Waals surface area (Å²) in [5.74, 6) is -0.328. The van der Waals surface area contributed by atoms with Gasteiger partial charge in [-0.1, -0.05) is 6.07 Å². The summed E-state index contributed by atoms with van der Waals surface area (Å²) in [7, 11) is 0. The third kappa shape index (κ3) is 4.25. The van der Waals surface area contributed by atoms with Gasteiger partial charge < -0.3 is 15.2 Å². The number of nitrogens with one attached hydrogen (secondary N) is 1. The third-order valence-corrected chi connectivity index (χ3v) is 5.36. The molecule has 130 valence electrons. The molecule has 0 saturated carbocycles. The summed E-state index contributed by atoms with van der Waals surface area (Å²) in [6, 6.07) is 11.0. The van der Waals surface area contributed by atoms with Crippen molar-refractivity contribution in [2.75, 3.05) is 13.2 Å². The van der Waals surface area contributed by atoms with Crippen LogP contribution >= 0.6 is 22.7 Å². The van der Waals surface area contributed by atoms with Crippen molar-refractivity contribution in [2.45, 2.75) is 5.60 Å². The Bertz CT molecular complexity index is 767. The van der Waals surface area contributed by atoms with Gasteiger partial charge in [0.05, 0.1) is 6.54 Å². The molecule has 2 aromatic heterocycles. The first kappa shape index (κ1) is 17.6. The van der Waals surface area contributed by atoms with Gasteiger partial charge in [-0.25, -0.2) is 4.39 Å². The van der Waals surface area contributed by atoms with Gasteiger partial charge in [0.15, 0.2) is 6.61 Å². The van der Waals surface area contributed by atoms with Crippen LogP contribution in [0.3, 0.4) is 0 Å². The maximum Gasteiger partial charge on any atom is 0.258 e. The molecule has 0 aliphatic rings. The number of hydrogen-bond acceptors (Lipinski definition) is 5. The molecule has 2 heterocycles. The Morgan fingerprint density at radius 3 is 2.64 bits per heavy atom. The Morgan fingerprint density at radius 1 is 1.20 bits per heavy atom. The second kappa shape index (κ2) is 7.77. The topological polar surface area (TPSA) is 58.6 Å². The lowest BCUT2D eigenvalue weighted by atomic mass is 9.94. The summed E-state index contributed by atoms with van der Waals surface area (Å²) in [6.45, 7) is -0.175. The van der Waals surface area contributed by atoms with E-state index in [2.05, 4.69) is 5.32 Å². The van der Waals surface area contributed by atoms with Crippen molar-refractivity contribution >= 4 is 28.6 Å². The minimum absolute atomic E-state index is 0.0376. The van der Waals surface area contributed by atoms with Crippen molar-refractivity contribution in [2.24, 2.45) is 0 Å². The van der Waals surface area contributed by atoms with Gasteiger partial charge in [0.2, 0.25) is 0 Å². The van der Waals surface area contributed by atoms with Crippen LogP contribution < -0.4 is 10.1 Å². The first-order valence-electron chi connectivity index (χ1n) is 7.52. The number of halogens is 1. The van der Waals surface area contributed by atoms with Gasteiger partial charge in [0, 0.05) is 10.4 Å². The van der Waals surface area contributed by atoms with E-state index in [4.69, 9.17) is 4.74 Å².